The summed E-state index contributed by atoms with van der Waals surface area (Å²) >= 11 is 12.2. The third-order valence-corrected chi connectivity index (χ3v) is 4.16. The smallest absolute Gasteiger partial charge is 0.224 e. The maximum absolute atomic E-state index is 12.2. The van der Waals surface area contributed by atoms with E-state index >= 15 is 0 Å². The van der Waals surface area contributed by atoms with Crippen LogP contribution in [0.4, 0.5) is 0 Å². The van der Waals surface area contributed by atoms with Gasteiger partial charge in [-0.2, -0.15) is 0 Å². The van der Waals surface area contributed by atoms with E-state index in [0.717, 1.165) is 11.1 Å². The van der Waals surface area contributed by atoms with Crippen molar-refractivity contribution in [1.82, 2.24) is 5.32 Å². The molecule has 5 heteroatoms. The molecule has 1 N–H and O–H groups in total. The number of hydrogen-bond acceptors (Lipinski definition) is 2. The van der Waals surface area contributed by atoms with Crippen molar-refractivity contribution < 1.29 is 9.53 Å². The minimum absolute atomic E-state index is 0.119. The van der Waals surface area contributed by atoms with Crippen molar-refractivity contribution in [2.75, 3.05) is 6.61 Å². The number of hydrogen-bond donors (Lipinski definition) is 1. The molecule has 0 aliphatic rings. The monoisotopic (exact) mass is 351 g/mol. The van der Waals surface area contributed by atoms with E-state index in [1.54, 1.807) is 18.2 Å². The molecule has 122 valence electrons. The van der Waals surface area contributed by atoms with Gasteiger partial charge in [0.2, 0.25) is 5.91 Å². The molecule has 0 saturated carbocycles. The molecule has 23 heavy (non-hydrogen) atoms. The fourth-order valence-corrected chi connectivity index (χ4v) is 2.73. The minimum atomic E-state index is -0.119. The highest BCUT2D eigenvalue weighted by Gasteiger charge is 2.11. The average molecular weight is 352 g/mol. The van der Waals surface area contributed by atoms with Crippen LogP contribution in [0.1, 0.15) is 23.6 Å². The molecule has 0 unspecified atom stereocenters. The average Bonchev–Trinajstić information content (AvgIpc) is 2.55. The lowest BCUT2D eigenvalue weighted by Crippen LogP contribution is -2.25. The zero-order valence-corrected chi connectivity index (χ0v) is 14.5. The Bertz CT molecular complexity index is 654. The summed E-state index contributed by atoms with van der Waals surface area (Å²) in [4.78, 5) is 12.2. The summed E-state index contributed by atoms with van der Waals surface area (Å²) in [5.41, 5.74) is 2.76. The first-order valence-corrected chi connectivity index (χ1v) is 8.21. The number of halogens is 2. The second-order valence-electron chi connectivity index (χ2n) is 5.06. The van der Waals surface area contributed by atoms with Crippen LogP contribution in [0.25, 0.3) is 0 Å². The maximum Gasteiger partial charge on any atom is 0.224 e. The lowest BCUT2D eigenvalue weighted by Gasteiger charge is -2.11. The Balaban J connectivity index is 1.97. The number of carbonyl (C=O) groups is 1. The number of amides is 1. The Morgan fingerprint density at radius 3 is 2.35 bits per heavy atom. The van der Waals surface area contributed by atoms with Gasteiger partial charge in [-0.3, -0.25) is 4.79 Å². The molecule has 0 aromatic heterocycles. The van der Waals surface area contributed by atoms with Crippen molar-refractivity contribution in [3.8, 4) is 0 Å². The molecule has 0 radical (unpaired) electrons. The fourth-order valence-electron chi connectivity index (χ4n) is 2.20. The molecular formula is C18H19Cl2NO2. The molecule has 1 amide bonds. The number of nitrogens with one attached hydrogen (secondary N) is 1. The first kappa shape index (κ1) is 17.8. The van der Waals surface area contributed by atoms with Crippen LogP contribution in [0.3, 0.4) is 0 Å². The number of ether oxygens (including phenoxy) is 1. The van der Waals surface area contributed by atoms with E-state index < -0.39 is 0 Å². The van der Waals surface area contributed by atoms with E-state index in [-0.39, 0.29) is 12.3 Å². The summed E-state index contributed by atoms with van der Waals surface area (Å²) < 4.78 is 5.45. The Kier molecular flexibility index (Phi) is 6.90. The molecule has 0 fully saturated rings. The maximum atomic E-state index is 12.2. The molecule has 0 aliphatic carbocycles. The molecule has 3 nitrogen and oxygen atoms in total. The van der Waals surface area contributed by atoms with Gasteiger partial charge in [-0.1, -0.05) is 53.5 Å². The lowest BCUT2D eigenvalue weighted by atomic mass is 10.1. The Morgan fingerprint density at radius 2 is 1.70 bits per heavy atom. The highest BCUT2D eigenvalue weighted by molar-refractivity contribution is 6.36. The van der Waals surface area contributed by atoms with Gasteiger partial charge in [-0.25, -0.2) is 0 Å². The van der Waals surface area contributed by atoms with Gasteiger partial charge in [-0.15, -0.1) is 0 Å². The molecule has 2 rings (SSSR count). The zero-order chi connectivity index (χ0) is 16.7. The van der Waals surface area contributed by atoms with E-state index in [4.69, 9.17) is 27.9 Å². The van der Waals surface area contributed by atoms with Gasteiger partial charge in [0, 0.05) is 23.2 Å². The van der Waals surface area contributed by atoms with Gasteiger partial charge in [0.05, 0.1) is 13.0 Å². The van der Waals surface area contributed by atoms with Crippen LogP contribution in [-0.2, 0) is 29.1 Å². The Hall–Kier alpha value is -1.55. The Morgan fingerprint density at radius 1 is 1.04 bits per heavy atom. The molecule has 0 bridgehead atoms. The second-order valence-corrected chi connectivity index (χ2v) is 5.87. The van der Waals surface area contributed by atoms with Crippen molar-refractivity contribution in [3.05, 3.63) is 69.2 Å². The molecule has 2 aromatic rings. The van der Waals surface area contributed by atoms with E-state index in [9.17, 15) is 4.79 Å². The van der Waals surface area contributed by atoms with Crippen molar-refractivity contribution in [2.45, 2.75) is 26.5 Å². The molecule has 0 atom stereocenters. The van der Waals surface area contributed by atoms with Gasteiger partial charge >= 0.3 is 0 Å². The Labute approximate surface area is 146 Å². The van der Waals surface area contributed by atoms with E-state index in [0.29, 0.717) is 35.4 Å². The first-order chi connectivity index (χ1) is 11.1. The lowest BCUT2D eigenvalue weighted by molar-refractivity contribution is -0.120. The molecular weight excluding hydrogens is 333 g/mol. The third kappa shape index (κ3) is 5.24. The fraction of sp³-hybridized carbons (Fsp3) is 0.278. The topological polar surface area (TPSA) is 38.3 Å². The van der Waals surface area contributed by atoms with Crippen LogP contribution < -0.4 is 5.32 Å². The summed E-state index contributed by atoms with van der Waals surface area (Å²) in [6, 6.07) is 13.1. The van der Waals surface area contributed by atoms with Crippen molar-refractivity contribution in [2.24, 2.45) is 0 Å². The third-order valence-electron chi connectivity index (χ3n) is 3.46. The standard InChI is InChI=1S/C18H19Cl2NO2/c1-2-23-12-14-7-4-3-6-13(14)11-21-18(22)10-15-16(19)8-5-9-17(15)20/h3-9H,2,10-12H2,1H3,(H,21,22). The number of benzene rings is 2. The predicted molar refractivity (Wildman–Crippen MR) is 93.8 cm³/mol. The number of rotatable bonds is 7. The molecule has 0 aliphatic heterocycles. The van der Waals surface area contributed by atoms with Crippen LogP contribution in [0.15, 0.2) is 42.5 Å². The normalized spacial score (nSPS) is 10.6. The van der Waals surface area contributed by atoms with Gasteiger partial charge in [0.25, 0.3) is 0 Å². The van der Waals surface area contributed by atoms with Crippen LogP contribution in [0.2, 0.25) is 10.0 Å². The SMILES string of the molecule is CCOCc1ccccc1CNC(=O)Cc1c(Cl)cccc1Cl. The van der Waals surface area contributed by atoms with E-state index in [1.165, 1.54) is 0 Å². The van der Waals surface area contributed by atoms with Gasteiger partial charge in [0.1, 0.15) is 0 Å². The molecule has 0 heterocycles. The van der Waals surface area contributed by atoms with Crippen LogP contribution in [0.5, 0.6) is 0 Å². The summed E-state index contributed by atoms with van der Waals surface area (Å²) in [6.07, 6.45) is 0.159. The first-order valence-electron chi connectivity index (χ1n) is 7.46. The summed E-state index contributed by atoms with van der Waals surface area (Å²) in [5.74, 6) is -0.119. The summed E-state index contributed by atoms with van der Waals surface area (Å²) in [5, 5.41) is 3.92. The van der Waals surface area contributed by atoms with E-state index in [1.807, 2.05) is 31.2 Å². The molecule has 0 spiro atoms. The largest absolute Gasteiger partial charge is 0.377 e. The molecule has 0 saturated heterocycles. The summed E-state index contributed by atoms with van der Waals surface area (Å²) in [7, 11) is 0. The summed E-state index contributed by atoms with van der Waals surface area (Å²) in [6.45, 7) is 3.60. The van der Waals surface area contributed by atoms with Gasteiger partial charge in [0.15, 0.2) is 0 Å². The van der Waals surface area contributed by atoms with Crippen molar-refractivity contribution in [3.63, 3.8) is 0 Å². The number of carbonyl (C=O) groups excluding carboxylic acids is 1. The predicted octanol–water partition coefficient (Wildman–Crippen LogP) is 4.39. The van der Waals surface area contributed by atoms with E-state index in [2.05, 4.69) is 5.32 Å². The van der Waals surface area contributed by atoms with Crippen molar-refractivity contribution >= 4 is 29.1 Å². The van der Waals surface area contributed by atoms with Crippen LogP contribution >= 0.6 is 23.2 Å². The molecule has 2 aromatic carbocycles. The quantitative estimate of drug-likeness (QED) is 0.803. The highest BCUT2D eigenvalue weighted by Crippen LogP contribution is 2.24. The highest BCUT2D eigenvalue weighted by atomic mass is 35.5. The second kappa shape index (κ2) is 8.92. The van der Waals surface area contributed by atoms with Gasteiger partial charge in [-0.05, 0) is 35.7 Å². The zero-order valence-electron chi connectivity index (χ0n) is 12.9. The van der Waals surface area contributed by atoms with Crippen molar-refractivity contribution in [1.29, 1.82) is 0 Å². The van der Waals surface area contributed by atoms with Crippen LogP contribution in [0, 0.1) is 0 Å². The van der Waals surface area contributed by atoms with Crippen LogP contribution in [-0.4, -0.2) is 12.5 Å². The van der Waals surface area contributed by atoms with Gasteiger partial charge < -0.3 is 10.1 Å². The minimum Gasteiger partial charge on any atom is -0.377 e.